The first-order chi connectivity index (χ1) is 5.92. The molecule has 0 atom stereocenters. The van der Waals surface area contributed by atoms with Crippen LogP contribution in [0.25, 0.3) is 5.65 Å². The van der Waals surface area contributed by atoms with Crippen LogP contribution in [0.4, 0.5) is 0 Å². The summed E-state index contributed by atoms with van der Waals surface area (Å²) in [6.45, 7) is 1.79. The Morgan fingerprint density at radius 1 is 1.50 bits per heavy atom. The maximum Gasteiger partial charge on any atom is 0.154 e. The summed E-state index contributed by atoms with van der Waals surface area (Å²) in [4.78, 5) is 4.14. The molecule has 0 fully saturated rings. The Morgan fingerprint density at radius 3 is 3.25 bits per heavy atom. The Morgan fingerprint density at radius 2 is 2.42 bits per heavy atom. The van der Waals surface area contributed by atoms with Gasteiger partial charge in [0.2, 0.25) is 0 Å². The van der Waals surface area contributed by atoms with Gasteiger partial charge in [-0.2, -0.15) is 5.10 Å². The first kappa shape index (κ1) is 6.86. The molecule has 0 aliphatic rings. The van der Waals surface area contributed by atoms with Crippen molar-refractivity contribution in [1.82, 2.24) is 14.6 Å². The first-order valence-corrected chi connectivity index (χ1v) is 3.63. The molecule has 2 rings (SSSR count). The Labute approximate surface area is 70.1 Å². The molecular formula is C9H7N3. The molecule has 0 aromatic carbocycles. The highest BCUT2D eigenvalue weighted by atomic mass is 15.2. The maximum atomic E-state index is 4.14. The molecule has 0 unspecified atom stereocenters. The molecule has 3 heteroatoms. The Kier molecular flexibility index (Phi) is 1.52. The van der Waals surface area contributed by atoms with E-state index in [0.717, 1.165) is 11.3 Å². The second kappa shape index (κ2) is 2.67. The van der Waals surface area contributed by atoms with Gasteiger partial charge in [-0.25, -0.2) is 9.50 Å². The second-order valence-electron chi connectivity index (χ2n) is 2.31. The molecule has 0 spiro atoms. The molecule has 58 valence electrons. The smallest absolute Gasteiger partial charge is 0.154 e. The van der Waals surface area contributed by atoms with Gasteiger partial charge in [-0.15, -0.1) is 0 Å². The maximum absolute atomic E-state index is 4.14. The Bertz CT molecular complexity index is 459. The third-order valence-electron chi connectivity index (χ3n) is 1.53. The van der Waals surface area contributed by atoms with Crippen molar-refractivity contribution in [3.05, 3.63) is 30.2 Å². The lowest BCUT2D eigenvalue weighted by Crippen LogP contribution is -1.91. The largest absolute Gasteiger partial charge is 0.234 e. The highest BCUT2D eigenvalue weighted by Crippen LogP contribution is 2.01. The lowest BCUT2D eigenvalue weighted by atomic mass is 10.5. The molecule has 0 radical (unpaired) electrons. The van der Waals surface area contributed by atoms with E-state index >= 15 is 0 Å². The van der Waals surface area contributed by atoms with Crippen LogP contribution in [-0.4, -0.2) is 14.6 Å². The molecule has 12 heavy (non-hydrogen) atoms. The van der Waals surface area contributed by atoms with Crippen molar-refractivity contribution >= 4 is 5.65 Å². The van der Waals surface area contributed by atoms with E-state index in [9.17, 15) is 0 Å². The van der Waals surface area contributed by atoms with Crippen LogP contribution in [0.15, 0.2) is 24.5 Å². The monoisotopic (exact) mass is 157 g/mol. The summed E-state index contributed by atoms with van der Waals surface area (Å²) in [5, 5.41) is 4.11. The highest BCUT2D eigenvalue weighted by Gasteiger charge is 1.97. The van der Waals surface area contributed by atoms with Gasteiger partial charge in [0.25, 0.3) is 0 Å². The summed E-state index contributed by atoms with van der Waals surface area (Å²) >= 11 is 0. The predicted octanol–water partition coefficient (Wildman–Crippen LogP) is 1.10. The molecule has 0 aliphatic heterocycles. The molecule has 2 heterocycles. The lowest BCUT2D eigenvalue weighted by Gasteiger charge is -1.90. The Balaban J connectivity index is 2.76. The van der Waals surface area contributed by atoms with Gasteiger partial charge in [-0.05, 0) is 25.0 Å². The van der Waals surface area contributed by atoms with E-state index in [0.29, 0.717) is 0 Å². The van der Waals surface area contributed by atoms with Crippen LogP contribution in [0.1, 0.15) is 12.6 Å². The van der Waals surface area contributed by atoms with E-state index in [1.807, 2.05) is 12.1 Å². The molecule has 0 aliphatic carbocycles. The zero-order valence-corrected chi connectivity index (χ0v) is 6.65. The molecule has 3 nitrogen and oxygen atoms in total. The number of imidazole rings is 1. The van der Waals surface area contributed by atoms with Gasteiger partial charge < -0.3 is 0 Å². The van der Waals surface area contributed by atoms with E-state index in [1.54, 1.807) is 23.8 Å². The summed E-state index contributed by atoms with van der Waals surface area (Å²) < 4.78 is 1.72. The van der Waals surface area contributed by atoms with Gasteiger partial charge in [0.05, 0.1) is 6.20 Å². The minimum Gasteiger partial charge on any atom is -0.234 e. The molecule has 0 N–H and O–H groups in total. The summed E-state index contributed by atoms with van der Waals surface area (Å²) in [5.74, 6) is 5.73. The van der Waals surface area contributed by atoms with Gasteiger partial charge in [0.1, 0.15) is 5.69 Å². The standard InChI is InChI=1S/C9H7N3/c1-2-4-8-7-10-9-5-3-6-11-12(8)9/h3,5-7H,1H3. The number of rotatable bonds is 0. The van der Waals surface area contributed by atoms with Crippen molar-refractivity contribution in [2.24, 2.45) is 0 Å². The summed E-state index contributed by atoms with van der Waals surface area (Å²) in [5.41, 5.74) is 1.66. The third kappa shape index (κ3) is 0.940. The number of hydrogen-bond acceptors (Lipinski definition) is 2. The van der Waals surface area contributed by atoms with Crippen LogP contribution in [0.2, 0.25) is 0 Å². The quantitative estimate of drug-likeness (QED) is 0.536. The number of aromatic nitrogens is 3. The number of nitrogens with zero attached hydrogens (tertiary/aromatic N) is 3. The molecule has 2 aromatic rings. The molecule has 2 aromatic heterocycles. The predicted molar refractivity (Wildman–Crippen MR) is 45.5 cm³/mol. The minimum absolute atomic E-state index is 0.827. The van der Waals surface area contributed by atoms with Gasteiger partial charge in [0, 0.05) is 6.20 Å². The van der Waals surface area contributed by atoms with Crippen LogP contribution in [-0.2, 0) is 0 Å². The third-order valence-corrected chi connectivity index (χ3v) is 1.53. The van der Waals surface area contributed by atoms with E-state index in [4.69, 9.17) is 0 Å². The topological polar surface area (TPSA) is 30.2 Å². The molecule has 0 saturated carbocycles. The SMILES string of the molecule is CC#Cc1cnc2cccnn12. The highest BCUT2D eigenvalue weighted by molar-refractivity contribution is 5.42. The van der Waals surface area contributed by atoms with Crippen LogP contribution in [0, 0.1) is 11.8 Å². The van der Waals surface area contributed by atoms with Crippen LogP contribution >= 0.6 is 0 Å². The van der Waals surface area contributed by atoms with Gasteiger partial charge >= 0.3 is 0 Å². The first-order valence-electron chi connectivity index (χ1n) is 3.63. The number of fused-ring (bicyclic) bond motifs is 1. The minimum atomic E-state index is 0.827. The summed E-state index contributed by atoms with van der Waals surface area (Å²) in [6, 6.07) is 3.75. The van der Waals surface area contributed by atoms with Gasteiger partial charge in [0.15, 0.2) is 5.65 Å². The van der Waals surface area contributed by atoms with Crippen molar-refractivity contribution in [2.45, 2.75) is 6.92 Å². The number of hydrogen-bond donors (Lipinski definition) is 0. The van der Waals surface area contributed by atoms with Crippen LogP contribution < -0.4 is 0 Å². The van der Waals surface area contributed by atoms with E-state index in [-0.39, 0.29) is 0 Å². The van der Waals surface area contributed by atoms with E-state index in [1.165, 1.54) is 0 Å². The van der Waals surface area contributed by atoms with Crippen molar-refractivity contribution in [1.29, 1.82) is 0 Å². The zero-order valence-electron chi connectivity index (χ0n) is 6.65. The summed E-state index contributed by atoms with van der Waals surface area (Å²) in [7, 11) is 0. The van der Waals surface area contributed by atoms with Crippen molar-refractivity contribution in [3.63, 3.8) is 0 Å². The fourth-order valence-corrected chi connectivity index (χ4v) is 1.04. The average Bonchev–Trinajstić information content (AvgIpc) is 2.50. The fraction of sp³-hybridized carbons (Fsp3) is 0.111. The van der Waals surface area contributed by atoms with Crippen molar-refractivity contribution in [2.75, 3.05) is 0 Å². The van der Waals surface area contributed by atoms with Crippen molar-refractivity contribution < 1.29 is 0 Å². The molecule has 0 amide bonds. The van der Waals surface area contributed by atoms with E-state index < -0.39 is 0 Å². The lowest BCUT2D eigenvalue weighted by molar-refractivity contribution is 0.923. The fourth-order valence-electron chi connectivity index (χ4n) is 1.04. The van der Waals surface area contributed by atoms with Gasteiger partial charge in [-0.3, -0.25) is 0 Å². The van der Waals surface area contributed by atoms with E-state index in [2.05, 4.69) is 21.9 Å². The average molecular weight is 157 g/mol. The summed E-state index contributed by atoms with van der Waals surface area (Å²) in [6.07, 6.45) is 3.44. The van der Waals surface area contributed by atoms with Crippen LogP contribution in [0.3, 0.4) is 0 Å². The normalized spacial score (nSPS) is 9.42. The van der Waals surface area contributed by atoms with Gasteiger partial charge in [-0.1, -0.05) is 5.92 Å². The second-order valence-corrected chi connectivity index (χ2v) is 2.31. The molecule has 0 bridgehead atoms. The molecule has 0 saturated heterocycles. The Hall–Kier alpha value is -1.82. The molecular weight excluding hydrogens is 150 g/mol. The zero-order chi connectivity index (χ0) is 8.39. The van der Waals surface area contributed by atoms with Crippen LogP contribution in [0.5, 0.6) is 0 Å². The van der Waals surface area contributed by atoms with Crippen molar-refractivity contribution in [3.8, 4) is 11.8 Å².